The van der Waals surface area contributed by atoms with Crippen LogP contribution in [0.5, 0.6) is 0 Å². The van der Waals surface area contributed by atoms with Crippen LogP contribution in [0.4, 0.5) is 22.9 Å². The number of amides is 1. The number of aromatic nitrogens is 1. The van der Waals surface area contributed by atoms with Crippen molar-refractivity contribution in [2.24, 2.45) is 0 Å². The van der Waals surface area contributed by atoms with Gasteiger partial charge in [-0.05, 0) is 49.0 Å². The molecule has 0 aliphatic carbocycles. The molecule has 2 N–H and O–H groups in total. The molecule has 1 unspecified atom stereocenters. The standard InChI is InChI=1S/C33H27N5O2S2/c1-2-23(32(40)37-25-16-8-10-18-28(25)42-29-19-11-9-17-26(29)37)38-33(41)34-31-30(35-38)22-14-6-7-15-24(22)36(31)20-27(39)21-12-4-3-5-13-21/h3-19,23,35H,2,20H2,1H3,(H,34,41). The minimum absolute atomic E-state index is 0.00351. The average Bonchev–Trinajstić information content (AvgIpc) is 3.32. The van der Waals surface area contributed by atoms with E-state index < -0.39 is 6.04 Å². The van der Waals surface area contributed by atoms with Crippen LogP contribution in [0, 0.1) is 0 Å². The average molecular weight is 590 g/mol. The monoisotopic (exact) mass is 589 g/mol. The fourth-order valence-corrected chi connectivity index (χ4v) is 7.01. The summed E-state index contributed by atoms with van der Waals surface area (Å²) in [6.45, 7) is 2.13. The first-order valence-corrected chi connectivity index (χ1v) is 15.0. The van der Waals surface area contributed by atoms with E-state index in [0.29, 0.717) is 22.9 Å². The van der Waals surface area contributed by atoms with Gasteiger partial charge in [0.25, 0.3) is 5.91 Å². The lowest BCUT2D eigenvalue weighted by Gasteiger charge is -2.40. The van der Waals surface area contributed by atoms with Crippen LogP contribution < -0.4 is 15.6 Å². The Hall–Kier alpha value is -4.60. The van der Waals surface area contributed by atoms with Gasteiger partial charge in [-0.2, -0.15) is 0 Å². The number of para-hydroxylation sites is 3. The smallest absolute Gasteiger partial charge is 0.256 e. The van der Waals surface area contributed by atoms with Crippen LogP contribution in [-0.4, -0.2) is 32.4 Å². The van der Waals surface area contributed by atoms with Crippen LogP contribution in [0.25, 0.3) is 10.9 Å². The van der Waals surface area contributed by atoms with Crippen LogP contribution in [0.15, 0.2) is 113 Å². The minimum atomic E-state index is -0.601. The number of carbonyl (C=O) groups excluding carboxylic acids is 2. The number of carbonyl (C=O) groups is 2. The molecule has 1 aromatic heterocycles. The zero-order valence-electron chi connectivity index (χ0n) is 22.8. The van der Waals surface area contributed by atoms with Crippen LogP contribution in [0.3, 0.4) is 0 Å². The number of anilines is 4. The van der Waals surface area contributed by atoms with Crippen molar-refractivity contribution in [3.63, 3.8) is 0 Å². The van der Waals surface area contributed by atoms with Gasteiger partial charge in [-0.25, -0.2) is 5.01 Å². The Kier molecular flexibility index (Phi) is 6.68. The van der Waals surface area contributed by atoms with Crippen LogP contribution in [-0.2, 0) is 11.3 Å². The molecular weight excluding hydrogens is 563 g/mol. The molecule has 9 heteroatoms. The largest absolute Gasteiger partial charge is 0.318 e. The fraction of sp³-hybridized carbons (Fsp3) is 0.121. The lowest BCUT2D eigenvalue weighted by atomic mass is 10.1. The molecule has 0 saturated heterocycles. The van der Waals surface area contributed by atoms with E-state index in [4.69, 9.17) is 12.2 Å². The first-order valence-electron chi connectivity index (χ1n) is 13.8. The van der Waals surface area contributed by atoms with Gasteiger partial charge in [-0.1, -0.05) is 91.5 Å². The van der Waals surface area contributed by atoms with E-state index in [9.17, 15) is 9.59 Å². The second kappa shape index (κ2) is 10.7. The Morgan fingerprint density at radius 2 is 1.45 bits per heavy atom. The molecule has 2 aliphatic rings. The van der Waals surface area contributed by atoms with Gasteiger partial charge in [0.15, 0.2) is 10.9 Å². The molecular formula is C33H27N5O2S2. The van der Waals surface area contributed by atoms with Crippen LogP contribution in [0.2, 0.25) is 0 Å². The molecule has 5 aromatic rings. The zero-order chi connectivity index (χ0) is 28.8. The summed E-state index contributed by atoms with van der Waals surface area (Å²) in [5.74, 6) is 0.617. The van der Waals surface area contributed by atoms with Gasteiger partial charge in [0.05, 0.1) is 23.4 Å². The van der Waals surface area contributed by atoms with E-state index in [1.807, 2.05) is 120 Å². The summed E-state index contributed by atoms with van der Waals surface area (Å²) in [5.41, 5.74) is 7.53. The summed E-state index contributed by atoms with van der Waals surface area (Å²) in [6.07, 6.45) is 0.516. The number of nitrogens with zero attached hydrogens (tertiary/aromatic N) is 3. The van der Waals surface area contributed by atoms with E-state index >= 15 is 0 Å². The van der Waals surface area contributed by atoms with Gasteiger partial charge < -0.3 is 9.88 Å². The molecule has 0 spiro atoms. The van der Waals surface area contributed by atoms with E-state index in [2.05, 4.69) is 10.7 Å². The first kappa shape index (κ1) is 26.3. The van der Waals surface area contributed by atoms with Gasteiger partial charge in [0.1, 0.15) is 17.5 Å². The van der Waals surface area contributed by atoms with Gasteiger partial charge in [0, 0.05) is 20.7 Å². The predicted molar refractivity (Wildman–Crippen MR) is 173 cm³/mol. The number of nitrogens with one attached hydrogen (secondary N) is 2. The third-order valence-corrected chi connectivity index (χ3v) is 9.11. The topological polar surface area (TPSA) is 69.6 Å². The van der Waals surface area contributed by atoms with Gasteiger partial charge >= 0.3 is 0 Å². The lowest BCUT2D eigenvalue weighted by molar-refractivity contribution is -0.121. The first-order chi connectivity index (χ1) is 20.5. The fourth-order valence-electron chi connectivity index (χ4n) is 5.68. The molecule has 0 bridgehead atoms. The van der Waals surface area contributed by atoms with Crippen molar-refractivity contribution < 1.29 is 9.59 Å². The van der Waals surface area contributed by atoms with Gasteiger partial charge in [0.2, 0.25) is 0 Å². The van der Waals surface area contributed by atoms with Crippen molar-refractivity contribution in [1.82, 2.24) is 9.58 Å². The summed E-state index contributed by atoms with van der Waals surface area (Å²) < 4.78 is 1.95. The number of hydrogen-bond acceptors (Lipinski definition) is 5. The second-order valence-electron chi connectivity index (χ2n) is 10.2. The number of Topliss-reactive ketones (excluding diaryl/α,β-unsaturated/α-hetero) is 1. The predicted octanol–water partition coefficient (Wildman–Crippen LogP) is 7.47. The summed E-state index contributed by atoms with van der Waals surface area (Å²) in [6, 6.07) is 32.5. The molecule has 2 aliphatic heterocycles. The number of benzene rings is 4. The minimum Gasteiger partial charge on any atom is -0.318 e. The number of fused-ring (bicyclic) bond motifs is 5. The highest BCUT2D eigenvalue weighted by molar-refractivity contribution is 7.99. The zero-order valence-corrected chi connectivity index (χ0v) is 24.4. The van der Waals surface area contributed by atoms with Crippen molar-refractivity contribution in [3.05, 3.63) is 109 Å². The highest BCUT2D eigenvalue weighted by Crippen LogP contribution is 2.48. The summed E-state index contributed by atoms with van der Waals surface area (Å²) >= 11 is 7.54. The molecule has 7 rings (SSSR count). The number of ketones is 1. The number of thiocarbonyl (C=S) groups is 1. The molecule has 4 aromatic carbocycles. The van der Waals surface area contributed by atoms with Crippen LogP contribution in [0.1, 0.15) is 23.7 Å². The van der Waals surface area contributed by atoms with Crippen molar-refractivity contribution >= 4 is 74.6 Å². The molecule has 42 heavy (non-hydrogen) atoms. The Morgan fingerprint density at radius 3 is 2.14 bits per heavy atom. The lowest BCUT2D eigenvalue weighted by Crippen LogP contribution is -2.55. The van der Waals surface area contributed by atoms with Crippen molar-refractivity contribution in [2.45, 2.75) is 35.7 Å². The summed E-state index contributed by atoms with van der Waals surface area (Å²) in [4.78, 5) is 31.6. The maximum atomic E-state index is 14.5. The van der Waals surface area contributed by atoms with Crippen molar-refractivity contribution in [2.75, 3.05) is 15.6 Å². The maximum absolute atomic E-state index is 14.5. The summed E-state index contributed by atoms with van der Waals surface area (Å²) in [7, 11) is 0. The van der Waals surface area contributed by atoms with E-state index in [1.54, 1.807) is 16.8 Å². The highest BCUT2D eigenvalue weighted by Gasteiger charge is 2.38. The molecule has 1 amide bonds. The van der Waals surface area contributed by atoms with Crippen LogP contribution >= 0.6 is 24.0 Å². The van der Waals surface area contributed by atoms with E-state index in [-0.39, 0.29) is 18.2 Å². The molecule has 3 heterocycles. The SMILES string of the molecule is CCC(C(=O)N1c2ccccc2Sc2ccccc21)N1Nc2c(n(CC(=O)c3ccccc3)c3ccccc23)NC1=S. The van der Waals surface area contributed by atoms with Crippen molar-refractivity contribution in [3.8, 4) is 0 Å². The summed E-state index contributed by atoms with van der Waals surface area (Å²) in [5, 5.41) is 6.42. The molecule has 0 radical (unpaired) electrons. The second-order valence-corrected chi connectivity index (χ2v) is 11.6. The molecule has 1 atom stereocenters. The third-order valence-electron chi connectivity index (χ3n) is 7.68. The molecule has 208 valence electrons. The normalized spacial score (nSPS) is 14.4. The Balaban J connectivity index is 1.26. The highest BCUT2D eigenvalue weighted by atomic mass is 32.2. The molecule has 0 fully saturated rings. The maximum Gasteiger partial charge on any atom is 0.256 e. The van der Waals surface area contributed by atoms with E-state index in [1.165, 1.54) is 0 Å². The van der Waals surface area contributed by atoms with E-state index in [0.717, 1.165) is 37.8 Å². The van der Waals surface area contributed by atoms with Gasteiger partial charge in [-0.3, -0.25) is 19.9 Å². The Labute approximate surface area is 253 Å². The van der Waals surface area contributed by atoms with Crippen molar-refractivity contribution in [1.29, 1.82) is 0 Å². The Morgan fingerprint density at radius 1 is 0.833 bits per heavy atom. The quantitative estimate of drug-likeness (QED) is 0.157. The van der Waals surface area contributed by atoms with Gasteiger partial charge in [-0.15, -0.1) is 0 Å². The molecule has 0 saturated carbocycles. The Bertz CT molecular complexity index is 1820. The third kappa shape index (κ3) is 4.33. The number of hydrogen-bond donors (Lipinski definition) is 2. The molecule has 7 nitrogen and oxygen atoms in total. The number of hydrazine groups is 1. The number of rotatable bonds is 6.